The van der Waals surface area contributed by atoms with Crippen LogP contribution in [-0.2, 0) is 0 Å². The van der Waals surface area contributed by atoms with Crippen LogP contribution in [0.4, 0.5) is 0 Å². The van der Waals surface area contributed by atoms with Crippen molar-refractivity contribution in [2.24, 2.45) is 4.99 Å². The largest absolute Gasteiger partial charge is 0.356 e. The summed E-state index contributed by atoms with van der Waals surface area (Å²) in [6.45, 7) is 2.88. The van der Waals surface area contributed by atoms with Gasteiger partial charge in [0.05, 0.1) is 0 Å². The number of nitrogens with zero attached hydrogens (tertiary/aromatic N) is 2. The van der Waals surface area contributed by atoms with Crippen LogP contribution in [0.25, 0.3) is 0 Å². The monoisotopic (exact) mass is 140 g/mol. The van der Waals surface area contributed by atoms with Gasteiger partial charge in [-0.15, -0.1) is 0 Å². The smallest absolute Gasteiger partial charge is 0.204 e. The first-order valence-electron chi connectivity index (χ1n) is 3.21. The highest BCUT2D eigenvalue weighted by Gasteiger charge is 1.90. The van der Waals surface area contributed by atoms with Gasteiger partial charge in [0.1, 0.15) is 0 Å². The maximum atomic E-state index is 8.19. The lowest BCUT2D eigenvalue weighted by atomic mass is 10.5. The van der Waals surface area contributed by atoms with E-state index in [0.717, 1.165) is 13.0 Å². The molecule has 56 valence electrons. The molecule has 0 aliphatic rings. The second-order valence-corrected chi connectivity index (χ2v) is 1.74. The Morgan fingerprint density at radius 3 is 2.80 bits per heavy atom. The highest BCUT2D eigenvalue weighted by molar-refractivity contribution is 5.80. The minimum atomic E-state index is 0.532. The lowest BCUT2D eigenvalue weighted by Gasteiger charge is -2.03. The second-order valence-electron chi connectivity index (χ2n) is 1.74. The van der Waals surface area contributed by atoms with Gasteiger partial charge in [0.25, 0.3) is 0 Å². The zero-order valence-electron chi connectivity index (χ0n) is 6.31. The van der Waals surface area contributed by atoms with Crippen molar-refractivity contribution in [3.63, 3.8) is 0 Å². The molecule has 4 nitrogen and oxygen atoms in total. The third kappa shape index (κ3) is 3.72. The maximum absolute atomic E-state index is 8.19. The van der Waals surface area contributed by atoms with E-state index in [4.69, 9.17) is 5.26 Å². The third-order valence-corrected chi connectivity index (χ3v) is 0.940. The van der Waals surface area contributed by atoms with Crippen LogP contribution in [-0.4, -0.2) is 19.6 Å². The molecule has 0 aliphatic heterocycles. The number of aliphatic imine (C=N–C) groups is 1. The fraction of sp³-hybridized carbons (Fsp3) is 0.667. The Balaban J connectivity index is 3.54. The van der Waals surface area contributed by atoms with Crippen molar-refractivity contribution in [3.05, 3.63) is 0 Å². The van der Waals surface area contributed by atoms with Crippen molar-refractivity contribution in [1.82, 2.24) is 10.6 Å². The molecule has 0 spiro atoms. The lowest BCUT2D eigenvalue weighted by molar-refractivity contribution is 0.820. The van der Waals surface area contributed by atoms with Crippen molar-refractivity contribution in [3.8, 4) is 6.19 Å². The van der Waals surface area contributed by atoms with E-state index in [1.165, 1.54) is 0 Å². The predicted octanol–water partition coefficient (Wildman–Crippen LogP) is 0.0425. The normalized spacial score (nSPS) is 10.3. The average molecular weight is 140 g/mol. The molecule has 4 heteroatoms. The molecule has 0 fully saturated rings. The van der Waals surface area contributed by atoms with E-state index in [2.05, 4.69) is 15.6 Å². The molecule has 0 atom stereocenters. The first-order chi connectivity index (χ1) is 4.85. The van der Waals surface area contributed by atoms with Gasteiger partial charge in [-0.1, -0.05) is 6.92 Å². The van der Waals surface area contributed by atoms with E-state index in [9.17, 15) is 0 Å². The first kappa shape index (κ1) is 8.76. The molecule has 0 saturated carbocycles. The Labute approximate surface area is 61.0 Å². The van der Waals surface area contributed by atoms with Crippen molar-refractivity contribution in [2.75, 3.05) is 13.6 Å². The van der Waals surface area contributed by atoms with Crippen molar-refractivity contribution in [2.45, 2.75) is 13.3 Å². The summed E-state index contributed by atoms with van der Waals surface area (Å²) in [5.74, 6) is 0.532. The molecule has 0 aromatic heterocycles. The van der Waals surface area contributed by atoms with Crippen LogP contribution in [0.3, 0.4) is 0 Å². The van der Waals surface area contributed by atoms with Crippen molar-refractivity contribution < 1.29 is 0 Å². The average Bonchev–Trinajstić information content (AvgIpc) is 1.98. The molecular weight excluding hydrogens is 128 g/mol. The number of guanidine groups is 1. The SMILES string of the molecule is CCCNC(=NC)NC#N. The third-order valence-electron chi connectivity index (χ3n) is 0.940. The van der Waals surface area contributed by atoms with Gasteiger partial charge in [0, 0.05) is 13.6 Å². The van der Waals surface area contributed by atoms with Gasteiger partial charge in [0.15, 0.2) is 6.19 Å². The van der Waals surface area contributed by atoms with Crippen LogP contribution < -0.4 is 10.6 Å². The molecule has 0 aromatic rings. The molecule has 0 aliphatic carbocycles. The number of nitrogens with one attached hydrogen (secondary N) is 2. The first-order valence-corrected chi connectivity index (χ1v) is 3.21. The van der Waals surface area contributed by atoms with Crippen molar-refractivity contribution >= 4 is 5.96 Å². The Kier molecular flexibility index (Phi) is 5.16. The number of hydrogen-bond donors (Lipinski definition) is 2. The molecule has 0 heterocycles. The molecule has 0 radical (unpaired) electrons. The minimum Gasteiger partial charge on any atom is -0.356 e. The summed E-state index contributed by atoms with van der Waals surface area (Å²) in [5, 5.41) is 13.5. The van der Waals surface area contributed by atoms with Gasteiger partial charge in [-0.3, -0.25) is 10.3 Å². The molecule has 0 aromatic carbocycles. The van der Waals surface area contributed by atoms with Gasteiger partial charge in [0.2, 0.25) is 5.96 Å². The van der Waals surface area contributed by atoms with E-state index in [1.54, 1.807) is 13.2 Å². The van der Waals surface area contributed by atoms with Gasteiger partial charge in [-0.25, -0.2) is 0 Å². The number of hydrogen-bond acceptors (Lipinski definition) is 2. The Bertz CT molecular complexity index is 144. The summed E-state index contributed by atoms with van der Waals surface area (Å²) in [4.78, 5) is 3.79. The highest BCUT2D eigenvalue weighted by atomic mass is 15.2. The van der Waals surface area contributed by atoms with Crippen LogP contribution in [0, 0.1) is 11.5 Å². The van der Waals surface area contributed by atoms with Crippen LogP contribution in [0.1, 0.15) is 13.3 Å². The Morgan fingerprint density at radius 1 is 1.70 bits per heavy atom. The predicted molar refractivity (Wildman–Crippen MR) is 40.4 cm³/mol. The van der Waals surface area contributed by atoms with Crippen LogP contribution in [0.5, 0.6) is 0 Å². The molecule has 10 heavy (non-hydrogen) atoms. The minimum absolute atomic E-state index is 0.532. The van der Waals surface area contributed by atoms with E-state index in [-0.39, 0.29) is 0 Å². The molecule has 0 unspecified atom stereocenters. The molecule has 0 saturated heterocycles. The van der Waals surface area contributed by atoms with Gasteiger partial charge < -0.3 is 5.32 Å². The summed E-state index contributed by atoms with van der Waals surface area (Å²) in [7, 11) is 1.63. The maximum Gasteiger partial charge on any atom is 0.204 e. The second kappa shape index (κ2) is 5.89. The fourth-order valence-electron chi connectivity index (χ4n) is 0.476. The van der Waals surface area contributed by atoms with Gasteiger partial charge >= 0.3 is 0 Å². The summed E-state index contributed by atoms with van der Waals surface area (Å²) in [6.07, 6.45) is 2.80. The topological polar surface area (TPSA) is 60.2 Å². The van der Waals surface area contributed by atoms with Crippen molar-refractivity contribution in [1.29, 1.82) is 5.26 Å². The van der Waals surface area contributed by atoms with Gasteiger partial charge in [-0.05, 0) is 6.42 Å². The fourth-order valence-corrected chi connectivity index (χ4v) is 0.476. The zero-order chi connectivity index (χ0) is 7.82. The van der Waals surface area contributed by atoms with Crippen LogP contribution in [0.15, 0.2) is 4.99 Å². The lowest BCUT2D eigenvalue weighted by Crippen LogP contribution is -2.34. The van der Waals surface area contributed by atoms with E-state index in [0.29, 0.717) is 5.96 Å². The molecule has 0 rings (SSSR count). The molecule has 2 N–H and O–H groups in total. The quantitative estimate of drug-likeness (QED) is 0.246. The van der Waals surface area contributed by atoms with Crippen LogP contribution >= 0.6 is 0 Å². The number of rotatable bonds is 2. The Morgan fingerprint density at radius 2 is 2.40 bits per heavy atom. The van der Waals surface area contributed by atoms with E-state index < -0.39 is 0 Å². The number of nitriles is 1. The molecule has 0 bridgehead atoms. The summed E-state index contributed by atoms with van der Waals surface area (Å²) in [6, 6.07) is 0. The summed E-state index contributed by atoms with van der Waals surface area (Å²) < 4.78 is 0. The Hall–Kier alpha value is -1.24. The van der Waals surface area contributed by atoms with E-state index in [1.807, 2.05) is 6.92 Å². The highest BCUT2D eigenvalue weighted by Crippen LogP contribution is 1.70. The molecular formula is C6H12N4. The van der Waals surface area contributed by atoms with Gasteiger partial charge in [-0.2, -0.15) is 5.26 Å². The molecule has 0 amide bonds. The standard InChI is InChI=1S/C6H12N4/c1-3-4-9-6(8-2)10-5-7/h3-4H2,1-2H3,(H2,8,9,10). The zero-order valence-corrected chi connectivity index (χ0v) is 6.31. The summed E-state index contributed by atoms with van der Waals surface area (Å²) in [5.41, 5.74) is 0. The summed E-state index contributed by atoms with van der Waals surface area (Å²) >= 11 is 0. The van der Waals surface area contributed by atoms with Crippen LogP contribution in [0.2, 0.25) is 0 Å². The van der Waals surface area contributed by atoms with E-state index >= 15 is 0 Å².